The number of thiophene rings is 2. The highest BCUT2D eigenvalue weighted by atomic mass is 32.1. The van der Waals surface area contributed by atoms with E-state index in [4.69, 9.17) is 13.6 Å². The fourth-order valence-corrected chi connectivity index (χ4v) is 14.5. The molecule has 1 saturated carbocycles. The average molecular weight is 781 g/mol. The molecule has 8 nitrogen and oxygen atoms in total. The number of hydrogen-bond donors (Lipinski definition) is 1. The summed E-state index contributed by atoms with van der Waals surface area (Å²) in [6.07, 6.45) is 3.09. The van der Waals surface area contributed by atoms with Crippen molar-refractivity contribution in [2.75, 3.05) is 13.6 Å². The average Bonchev–Trinajstić information content (AvgIpc) is 3.97. The molecule has 0 unspecified atom stereocenters. The summed E-state index contributed by atoms with van der Waals surface area (Å²) < 4.78 is 21.2. The first-order chi connectivity index (χ1) is 26.0. The zero-order valence-corrected chi connectivity index (χ0v) is 33.9. The van der Waals surface area contributed by atoms with Crippen LogP contribution in [0, 0.1) is 0 Å². The highest BCUT2D eigenvalue weighted by molar-refractivity contribution is 7.12. The molecule has 0 bridgehead atoms. The van der Waals surface area contributed by atoms with Crippen molar-refractivity contribution in [1.82, 2.24) is 9.47 Å². The van der Waals surface area contributed by atoms with E-state index in [-0.39, 0.29) is 16.9 Å². The number of fused-ring (bicyclic) bond motifs is 1. The Balaban J connectivity index is 1.01. The standard InChI is InChI=1S/C43H48N2O6S2Si/c1-42(2,3)54(34-13-7-5-8-14-34,35-15-9-6-10-16-35)49-30-31-19-24-36-37(29-31)50-41(48)45(36)26-25-44(4)32-20-22-33(23-21-32)51-43(40(46)47,38-17-11-27-52-38)39-18-12-28-53-39/h5-19,24,27-29,32-33H,20-23,25-26,30H2,1-4H3,(H,46,47)/t32-,33-. The van der Waals surface area contributed by atoms with Gasteiger partial charge in [0.25, 0.3) is 8.32 Å². The van der Waals surface area contributed by atoms with E-state index in [1.165, 1.54) is 33.0 Å². The van der Waals surface area contributed by atoms with Crippen LogP contribution >= 0.6 is 22.7 Å². The molecule has 0 atom stereocenters. The number of aliphatic carboxylic acids is 1. The Hall–Kier alpha value is -4.10. The van der Waals surface area contributed by atoms with Gasteiger partial charge in [-0.3, -0.25) is 4.57 Å². The predicted octanol–water partition coefficient (Wildman–Crippen LogP) is 8.08. The van der Waals surface area contributed by atoms with E-state index in [9.17, 15) is 14.7 Å². The Morgan fingerprint density at radius 1 is 0.870 bits per heavy atom. The smallest absolute Gasteiger partial charge is 0.419 e. The Morgan fingerprint density at radius 2 is 1.46 bits per heavy atom. The Kier molecular flexibility index (Phi) is 11.3. The van der Waals surface area contributed by atoms with Gasteiger partial charge in [0.05, 0.1) is 28.0 Å². The van der Waals surface area contributed by atoms with Crippen LogP contribution in [0.1, 0.15) is 61.8 Å². The normalized spacial score (nSPS) is 17.0. The Morgan fingerprint density at radius 3 is 1.98 bits per heavy atom. The van der Waals surface area contributed by atoms with Crippen LogP contribution in [0.4, 0.5) is 0 Å². The van der Waals surface area contributed by atoms with Gasteiger partial charge in [0.15, 0.2) is 5.58 Å². The zero-order chi connectivity index (χ0) is 37.9. The second-order valence-corrected chi connectivity index (χ2v) is 21.4. The van der Waals surface area contributed by atoms with Crippen molar-refractivity contribution >= 4 is 58.4 Å². The van der Waals surface area contributed by atoms with E-state index in [2.05, 4.69) is 81.2 Å². The van der Waals surface area contributed by atoms with Gasteiger partial charge in [-0.05, 0) is 88.7 Å². The molecule has 6 aromatic rings. The molecule has 0 radical (unpaired) electrons. The third kappa shape index (κ3) is 7.33. The largest absolute Gasteiger partial charge is 0.479 e. The van der Waals surface area contributed by atoms with Crippen molar-refractivity contribution in [1.29, 1.82) is 0 Å². The number of likely N-dealkylation sites (N-methyl/N-ethyl adjacent to an activating group) is 1. The molecule has 7 rings (SSSR count). The van der Waals surface area contributed by atoms with Gasteiger partial charge in [-0.1, -0.05) is 99.6 Å². The Bertz CT molecular complexity index is 2110. The van der Waals surface area contributed by atoms with Crippen molar-refractivity contribution in [3.63, 3.8) is 0 Å². The minimum atomic E-state index is -2.73. The summed E-state index contributed by atoms with van der Waals surface area (Å²) in [5.41, 5.74) is 0.787. The van der Waals surface area contributed by atoms with Crippen LogP contribution in [0.15, 0.2) is 123 Å². The van der Waals surface area contributed by atoms with Gasteiger partial charge in [0.1, 0.15) is 0 Å². The number of carbonyl (C=O) groups is 1. The van der Waals surface area contributed by atoms with Crippen molar-refractivity contribution in [2.45, 2.75) is 82.4 Å². The van der Waals surface area contributed by atoms with Crippen LogP contribution in [0.5, 0.6) is 0 Å². The lowest BCUT2D eigenvalue weighted by Crippen LogP contribution is -2.66. The van der Waals surface area contributed by atoms with Crippen LogP contribution in [0.25, 0.3) is 11.1 Å². The van der Waals surface area contributed by atoms with Crippen LogP contribution < -0.4 is 16.1 Å². The fourth-order valence-electron chi connectivity index (χ4n) is 8.12. The Labute approximate surface area is 325 Å². The molecule has 3 heterocycles. The molecular formula is C43H48N2O6S2Si. The third-order valence-corrected chi connectivity index (χ3v) is 17.9. The maximum absolute atomic E-state index is 13.2. The monoisotopic (exact) mass is 780 g/mol. The van der Waals surface area contributed by atoms with Gasteiger partial charge in [0.2, 0.25) is 5.60 Å². The SMILES string of the molecule is CN(CCn1c(=O)oc2cc(CO[Si](c3ccccc3)(c3ccccc3)C(C)(C)C)ccc21)[C@H]1CC[C@H](OC(C(=O)O)(c2cccs2)c2cccs2)CC1. The maximum Gasteiger partial charge on any atom is 0.419 e. The summed E-state index contributed by atoms with van der Waals surface area (Å²) in [4.78, 5) is 29.7. The number of nitrogens with zero attached hydrogens (tertiary/aromatic N) is 2. The number of oxazole rings is 1. The first-order valence-corrected chi connectivity index (χ1v) is 22.3. The van der Waals surface area contributed by atoms with Gasteiger partial charge in [-0.15, -0.1) is 22.7 Å². The van der Waals surface area contributed by atoms with Crippen LogP contribution in [0.2, 0.25) is 5.04 Å². The molecule has 0 saturated heterocycles. The fraction of sp³-hybridized carbons (Fsp3) is 0.349. The summed E-state index contributed by atoms with van der Waals surface area (Å²) in [6, 6.07) is 34.9. The second kappa shape index (κ2) is 15.9. The first kappa shape index (κ1) is 38.2. The molecule has 1 aliphatic rings. The highest BCUT2D eigenvalue weighted by Crippen LogP contribution is 2.43. The maximum atomic E-state index is 13.2. The third-order valence-electron chi connectivity index (χ3n) is 10.9. The number of carboxylic acid groups (broad SMARTS) is 1. The topological polar surface area (TPSA) is 94.1 Å². The van der Waals surface area contributed by atoms with E-state index in [0.717, 1.165) is 36.8 Å². The molecule has 3 aromatic carbocycles. The second-order valence-electron chi connectivity index (χ2n) is 15.2. The van der Waals surface area contributed by atoms with E-state index in [1.54, 1.807) is 4.57 Å². The van der Waals surface area contributed by atoms with Gasteiger partial charge in [-0.25, -0.2) is 9.59 Å². The first-order valence-electron chi connectivity index (χ1n) is 18.6. The zero-order valence-electron chi connectivity index (χ0n) is 31.3. The van der Waals surface area contributed by atoms with E-state index in [1.807, 2.05) is 65.4 Å². The summed E-state index contributed by atoms with van der Waals surface area (Å²) in [7, 11) is -0.635. The summed E-state index contributed by atoms with van der Waals surface area (Å²) >= 11 is 2.83. The molecule has 282 valence electrons. The minimum Gasteiger partial charge on any atom is -0.479 e. The predicted molar refractivity (Wildman–Crippen MR) is 220 cm³/mol. The number of rotatable bonds is 14. The van der Waals surface area contributed by atoms with Crippen LogP contribution in [-0.2, 0) is 32.7 Å². The van der Waals surface area contributed by atoms with E-state index >= 15 is 0 Å². The van der Waals surface area contributed by atoms with Crippen molar-refractivity contribution < 1.29 is 23.5 Å². The molecule has 0 spiro atoms. The number of carboxylic acids is 1. The lowest BCUT2D eigenvalue weighted by molar-refractivity contribution is -0.170. The molecule has 54 heavy (non-hydrogen) atoms. The number of benzene rings is 3. The minimum absolute atomic E-state index is 0.147. The molecule has 0 aliphatic heterocycles. The molecule has 1 aliphatic carbocycles. The summed E-state index contributed by atoms with van der Waals surface area (Å²) in [5.74, 6) is -1.35. The van der Waals surface area contributed by atoms with Crippen LogP contribution in [0.3, 0.4) is 0 Å². The molecule has 0 amide bonds. The lowest BCUT2D eigenvalue weighted by Gasteiger charge is -2.43. The molecule has 1 fully saturated rings. The van der Waals surface area contributed by atoms with Crippen molar-refractivity contribution in [2.24, 2.45) is 0 Å². The molecular weight excluding hydrogens is 733 g/mol. The van der Waals surface area contributed by atoms with Gasteiger partial charge in [0, 0.05) is 19.1 Å². The van der Waals surface area contributed by atoms with Crippen molar-refractivity contribution in [3.05, 3.63) is 140 Å². The number of aromatic nitrogens is 1. The highest BCUT2D eigenvalue weighted by Gasteiger charge is 2.50. The van der Waals surface area contributed by atoms with Gasteiger partial charge < -0.3 is 23.6 Å². The molecule has 3 aromatic heterocycles. The number of hydrogen-bond acceptors (Lipinski definition) is 8. The van der Waals surface area contributed by atoms with E-state index in [0.29, 0.717) is 41.1 Å². The molecule has 11 heteroatoms. The van der Waals surface area contributed by atoms with Gasteiger partial charge in [-0.2, -0.15) is 0 Å². The molecule has 1 N–H and O–H groups in total. The quantitative estimate of drug-likeness (QED) is 0.112. The summed E-state index contributed by atoms with van der Waals surface area (Å²) in [6.45, 7) is 8.35. The van der Waals surface area contributed by atoms with Gasteiger partial charge >= 0.3 is 11.7 Å². The van der Waals surface area contributed by atoms with E-state index < -0.39 is 19.9 Å². The summed E-state index contributed by atoms with van der Waals surface area (Å²) in [5, 5.41) is 16.6. The number of ether oxygens (including phenoxy) is 1. The van der Waals surface area contributed by atoms with Crippen molar-refractivity contribution in [3.8, 4) is 0 Å². The van der Waals surface area contributed by atoms with Crippen LogP contribution in [-0.4, -0.2) is 54.6 Å². The lowest BCUT2D eigenvalue weighted by atomic mass is 9.90.